The van der Waals surface area contributed by atoms with E-state index < -0.39 is 47.9 Å². The number of amides is 3. The molecule has 6 N–H and O–H groups in total. The number of nitrogens with one attached hydrogen (secondary N) is 3. The van der Waals surface area contributed by atoms with Crippen molar-refractivity contribution in [2.24, 2.45) is 5.73 Å². The van der Waals surface area contributed by atoms with E-state index in [0.29, 0.717) is 5.75 Å². The van der Waals surface area contributed by atoms with E-state index in [-0.39, 0.29) is 23.7 Å². The van der Waals surface area contributed by atoms with Crippen LogP contribution in [-0.4, -0.2) is 82.2 Å². The molecule has 156 valence electrons. The highest BCUT2D eigenvalue weighted by Crippen LogP contribution is 2.04. The number of carboxylic acids is 1. The zero-order valence-electron chi connectivity index (χ0n) is 14.8. The molecule has 13 heteroatoms. The summed E-state index contributed by atoms with van der Waals surface area (Å²) < 4.78 is 0. The first-order valence-electron chi connectivity index (χ1n) is 7.92. The van der Waals surface area contributed by atoms with Gasteiger partial charge >= 0.3 is 5.97 Å². The molecule has 0 saturated heterocycles. The van der Waals surface area contributed by atoms with Crippen LogP contribution in [0.5, 0.6) is 0 Å². The molecule has 0 spiro atoms. The van der Waals surface area contributed by atoms with Gasteiger partial charge in [0.05, 0.1) is 6.04 Å². The molecule has 0 aliphatic rings. The fourth-order valence-corrected chi connectivity index (χ4v) is 2.93. The summed E-state index contributed by atoms with van der Waals surface area (Å²) in [7, 11) is 0. The molecule has 4 atom stereocenters. The largest absolute Gasteiger partial charge is 0.480 e. The molecule has 3 amide bonds. The zero-order chi connectivity index (χ0) is 21.0. The number of carbonyl (C=O) groups excluding carboxylic acids is 3. The quantitative estimate of drug-likeness (QED) is 0.155. The van der Waals surface area contributed by atoms with Crippen molar-refractivity contribution in [3.63, 3.8) is 0 Å². The molecular formula is C14H26N4O5S4. The molecule has 0 heterocycles. The van der Waals surface area contributed by atoms with Gasteiger partial charge in [0, 0.05) is 17.3 Å². The van der Waals surface area contributed by atoms with Crippen molar-refractivity contribution in [1.29, 1.82) is 0 Å². The molecule has 0 fully saturated rings. The molecule has 0 aliphatic heterocycles. The predicted molar refractivity (Wildman–Crippen MR) is 116 cm³/mol. The molecule has 9 nitrogen and oxygen atoms in total. The number of rotatable bonds is 13. The molecule has 0 aliphatic carbocycles. The van der Waals surface area contributed by atoms with Gasteiger partial charge in [-0.2, -0.15) is 49.6 Å². The van der Waals surface area contributed by atoms with Crippen molar-refractivity contribution in [1.82, 2.24) is 16.0 Å². The SMILES string of the molecule is CSCCC(NC(=O)C(CS)NC(=O)C(N)CS)C(=O)NC(CS)C(=O)O. The van der Waals surface area contributed by atoms with Crippen LogP contribution >= 0.6 is 49.6 Å². The minimum atomic E-state index is -1.23. The second kappa shape index (κ2) is 14.3. The van der Waals surface area contributed by atoms with Crippen LogP contribution in [0.15, 0.2) is 0 Å². The van der Waals surface area contributed by atoms with Gasteiger partial charge < -0.3 is 26.8 Å². The van der Waals surface area contributed by atoms with Crippen LogP contribution in [0.25, 0.3) is 0 Å². The number of hydrogen-bond donors (Lipinski definition) is 8. The lowest BCUT2D eigenvalue weighted by molar-refractivity contribution is -0.141. The topological polar surface area (TPSA) is 151 Å². The Morgan fingerprint density at radius 3 is 1.81 bits per heavy atom. The van der Waals surface area contributed by atoms with Crippen LogP contribution in [-0.2, 0) is 19.2 Å². The molecule has 0 aromatic heterocycles. The van der Waals surface area contributed by atoms with Crippen LogP contribution < -0.4 is 21.7 Å². The van der Waals surface area contributed by atoms with Gasteiger partial charge in [-0.3, -0.25) is 14.4 Å². The summed E-state index contributed by atoms with van der Waals surface area (Å²) in [6.45, 7) is 0. The molecule has 0 radical (unpaired) electrons. The van der Waals surface area contributed by atoms with Gasteiger partial charge in [0.15, 0.2) is 0 Å². The first-order valence-corrected chi connectivity index (χ1v) is 11.2. The van der Waals surface area contributed by atoms with Crippen molar-refractivity contribution < 1.29 is 24.3 Å². The fraction of sp³-hybridized carbons (Fsp3) is 0.714. The number of thioether (sulfide) groups is 1. The van der Waals surface area contributed by atoms with E-state index in [1.807, 2.05) is 6.26 Å². The summed E-state index contributed by atoms with van der Waals surface area (Å²) >= 11 is 13.3. The summed E-state index contributed by atoms with van der Waals surface area (Å²) in [6.07, 6.45) is 2.11. The van der Waals surface area contributed by atoms with E-state index in [4.69, 9.17) is 10.8 Å². The Morgan fingerprint density at radius 1 is 0.889 bits per heavy atom. The lowest BCUT2D eigenvalue weighted by Crippen LogP contribution is -2.58. The average molecular weight is 459 g/mol. The summed E-state index contributed by atoms with van der Waals surface area (Å²) in [6, 6.07) is -4.03. The van der Waals surface area contributed by atoms with Crippen molar-refractivity contribution in [2.75, 3.05) is 29.3 Å². The number of carboxylic acid groups (broad SMARTS) is 1. The van der Waals surface area contributed by atoms with Crippen LogP contribution in [0.3, 0.4) is 0 Å². The van der Waals surface area contributed by atoms with Crippen LogP contribution in [0.4, 0.5) is 0 Å². The summed E-state index contributed by atoms with van der Waals surface area (Å²) in [4.78, 5) is 47.7. The van der Waals surface area contributed by atoms with Crippen LogP contribution in [0, 0.1) is 0 Å². The summed E-state index contributed by atoms with van der Waals surface area (Å²) in [5.74, 6) is -2.51. The predicted octanol–water partition coefficient (Wildman–Crippen LogP) is -1.60. The highest BCUT2D eigenvalue weighted by Gasteiger charge is 2.29. The fourth-order valence-electron chi connectivity index (χ4n) is 1.79. The number of nitrogens with two attached hydrogens (primary N) is 1. The maximum absolute atomic E-state index is 12.4. The first-order chi connectivity index (χ1) is 12.7. The smallest absolute Gasteiger partial charge is 0.327 e. The van der Waals surface area contributed by atoms with Crippen LogP contribution in [0.2, 0.25) is 0 Å². The molecule has 0 aromatic carbocycles. The second-order valence-electron chi connectivity index (χ2n) is 5.46. The van der Waals surface area contributed by atoms with Gasteiger partial charge in [-0.15, -0.1) is 0 Å². The minimum Gasteiger partial charge on any atom is -0.480 e. The monoisotopic (exact) mass is 458 g/mol. The lowest BCUT2D eigenvalue weighted by atomic mass is 10.1. The van der Waals surface area contributed by atoms with Crippen LogP contribution in [0.1, 0.15) is 6.42 Å². The lowest BCUT2D eigenvalue weighted by Gasteiger charge is -2.24. The Balaban J connectivity index is 5.07. The van der Waals surface area contributed by atoms with E-state index in [0.717, 1.165) is 0 Å². The molecule has 0 bridgehead atoms. The van der Waals surface area contributed by atoms with Gasteiger partial charge in [-0.25, -0.2) is 4.79 Å². The Kier molecular flexibility index (Phi) is 13.9. The Morgan fingerprint density at radius 2 is 1.37 bits per heavy atom. The van der Waals surface area contributed by atoms with Gasteiger partial charge in [0.2, 0.25) is 17.7 Å². The summed E-state index contributed by atoms with van der Waals surface area (Å²) in [5.41, 5.74) is 5.56. The van der Waals surface area contributed by atoms with E-state index in [1.54, 1.807) is 0 Å². The third-order valence-electron chi connectivity index (χ3n) is 3.39. The molecular weight excluding hydrogens is 432 g/mol. The van der Waals surface area contributed by atoms with E-state index >= 15 is 0 Å². The van der Waals surface area contributed by atoms with E-state index in [1.165, 1.54) is 11.8 Å². The molecule has 27 heavy (non-hydrogen) atoms. The standard InChI is InChI=1S/C14H26N4O5S4/c1-27-3-2-8(12(20)18-10(6-26)14(22)23)16-13(21)9(5-25)17-11(19)7(15)4-24/h7-10,24-26H,2-6,15H2,1H3,(H,16,21)(H,17,19)(H,18,20)(H,22,23). The molecule has 4 unspecified atom stereocenters. The zero-order valence-corrected chi connectivity index (χ0v) is 18.3. The molecule has 0 rings (SSSR count). The third-order valence-corrected chi connectivity index (χ3v) is 5.16. The number of carbonyl (C=O) groups is 4. The highest BCUT2D eigenvalue weighted by atomic mass is 32.2. The maximum atomic E-state index is 12.4. The van der Waals surface area contributed by atoms with Gasteiger partial charge in [0.25, 0.3) is 0 Å². The normalized spacial score (nSPS) is 15.1. The number of aliphatic carboxylic acids is 1. The number of hydrogen-bond acceptors (Lipinski definition) is 9. The number of thiol groups is 3. The Labute approximate surface area is 179 Å². The van der Waals surface area contributed by atoms with E-state index in [2.05, 4.69) is 53.8 Å². The summed E-state index contributed by atoms with van der Waals surface area (Å²) in [5, 5.41) is 16.3. The van der Waals surface area contributed by atoms with Gasteiger partial charge in [-0.1, -0.05) is 0 Å². The highest BCUT2D eigenvalue weighted by molar-refractivity contribution is 7.98. The van der Waals surface area contributed by atoms with Crippen molar-refractivity contribution in [3.05, 3.63) is 0 Å². The van der Waals surface area contributed by atoms with Crippen molar-refractivity contribution in [2.45, 2.75) is 30.6 Å². The van der Waals surface area contributed by atoms with Crippen molar-refractivity contribution in [3.8, 4) is 0 Å². The Bertz CT molecular complexity index is 526. The minimum absolute atomic E-state index is 0.0118. The van der Waals surface area contributed by atoms with E-state index in [9.17, 15) is 19.2 Å². The first kappa shape index (κ1) is 26.2. The molecule has 0 saturated carbocycles. The maximum Gasteiger partial charge on any atom is 0.327 e. The Hall–Kier alpha value is -0.760. The average Bonchev–Trinajstić information content (AvgIpc) is 2.65. The third kappa shape index (κ3) is 9.83. The van der Waals surface area contributed by atoms with Gasteiger partial charge in [0.1, 0.15) is 18.1 Å². The van der Waals surface area contributed by atoms with Crippen molar-refractivity contribution >= 4 is 73.3 Å². The molecule has 0 aromatic rings. The second-order valence-corrected chi connectivity index (χ2v) is 7.54. The van der Waals surface area contributed by atoms with Gasteiger partial charge in [-0.05, 0) is 18.4 Å².